The number of benzene rings is 2. The summed E-state index contributed by atoms with van der Waals surface area (Å²) in [6, 6.07) is 9.19. The third-order valence-electron chi connectivity index (χ3n) is 5.34. The molecule has 11 heteroatoms. The van der Waals surface area contributed by atoms with Gasteiger partial charge in [0.05, 0.1) is 17.0 Å². The molecule has 0 aliphatic carbocycles. The van der Waals surface area contributed by atoms with Crippen LogP contribution in [0.15, 0.2) is 42.5 Å². The Morgan fingerprint density at radius 3 is 2.29 bits per heavy atom. The number of halogens is 3. The van der Waals surface area contributed by atoms with Crippen LogP contribution in [0, 0.1) is 5.82 Å². The Kier molecular flexibility index (Phi) is 9.73. The van der Waals surface area contributed by atoms with E-state index in [1.54, 1.807) is 31.2 Å². The van der Waals surface area contributed by atoms with E-state index in [0.29, 0.717) is 17.0 Å². The lowest BCUT2D eigenvalue weighted by Crippen LogP contribution is -2.52. The predicted molar refractivity (Wildman–Crippen MR) is 133 cm³/mol. The summed E-state index contributed by atoms with van der Waals surface area (Å²) < 4.78 is 39.5. The second-order valence-corrected chi connectivity index (χ2v) is 10.7. The normalized spacial score (nSPS) is 13.1. The maximum absolute atomic E-state index is 13.6. The van der Waals surface area contributed by atoms with Crippen molar-refractivity contribution in [1.82, 2.24) is 10.2 Å². The van der Waals surface area contributed by atoms with Gasteiger partial charge >= 0.3 is 0 Å². The van der Waals surface area contributed by atoms with E-state index in [1.165, 1.54) is 11.0 Å². The molecular weight excluding hydrogens is 504 g/mol. The summed E-state index contributed by atoms with van der Waals surface area (Å²) in [4.78, 5) is 27.5. The second-order valence-electron chi connectivity index (χ2n) is 7.97. The average Bonchev–Trinajstić information content (AvgIpc) is 2.77. The van der Waals surface area contributed by atoms with E-state index in [4.69, 9.17) is 23.2 Å². The lowest BCUT2D eigenvalue weighted by molar-refractivity contribution is -0.139. The Morgan fingerprint density at radius 1 is 1.09 bits per heavy atom. The van der Waals surface area contributed by atoms with Crippen LogP contribution in [0.5, 0.6) is 0 Å². The SMILES string of the molecule is CC[C@H](C)NC(=O)[C@H](C)N(Cc1ccccc1Cl)C(=O)CN(c1ccc(F)c(Cl)c1)S(C)(=O)=O. The fourth-order valence-corrected chi connectivity index (χ4v) is 4.32. The molecule has 186 valence electrons. The molecule has 0 saturated carbocycles. The highest BCUT2D eigenvalue weighted by Gasteiger charge is 2.31. The molecule has 7 nitrogen and oxygen atoms in total. The van der Waals surface area contributed by atoms with E-state index in [9.17, 15) is 22.4 Å². The zero-order chi connectivity index (χ0) is 25.6. The fraction of sp³-hybridized carbons (Fsp3) is 0.391. The van der Waals surface area contributed by atoms with Gasteiger partial charge in [0.1, 0.15) is 18.4 Å². The number of amides is 2. The molecule has 0 heterocycles. The van der Waals surface area contributed by atoms with Gasteiger partial charge in [0.2, 0.25) is 21.8 Å². The molecule has 2 aromatic rings. The highest BCUT2D eigenvalue weighted by molar-refractivity contribution is 7.92. The van der Waals surface area contributed by atoms with Crippen LogP contribution in [0.1, 0.15) is 32.8 Å². The molecule has 2 rings (SSSR count). The minimum Gasteiger partial charge on any atom is -0.352 e. The molecule has 0 fully saturated rings. The van der Waals surface area contributed by atoms with Crippen LogP contribution in [0.3, 0.4) is 0 Å². The molecular formula is C23H28Cl2FN3O4S. The van der Waals surface area contributed by atoms with Crippen molar-refractivity contribution in [3.63, 3.8) is 0 Å². The summed E-state index contributed by atoms with van der Waals surface area (Å²) in [7, 11) is -3.95. The molecule has 0 aromatic heterocycles. The summed E-state index contributed by atoms with van der Waals surface area (Å²) in [5.41, 5.74) is 0.619. The van der Waals surface area contributed by atoms with Crippen molar-refractivity contribution < 1.29 is 22.4 Å². The first-order valence-electron chi connectivity index (χ1n) is 10.6. The van der Waals surface area contributed by atoms with Crippen molar-refractivity contribution in [2.45, 2.75) is 45.8 Å². The highest BCUT2D eigenvalue weighted by Crippen LogP contribution is 2.25. The number of sulfonamides is 1. The maximum atomic E-state index is 13.6. The number of hydrogen-bond donors (Lipinski definition) is 1. The topological polar surface area (TPSA) is 86.8 Å². The fourth-order valence-electron chi connectivity index (χ4n) is 3.11. The van der Waals surface area contributed by atoms with Crippen molar-refractivity contribution in [3.8, 4) is 0 Å². The van der Waals surface area contributed by atoms with Gasteiger partial charge in [-0.25, -0.2) is 12.8 Å². The molecule has 0 unspecified atom stereocenters. The van der Waals surface area contributed by atoms with Crippen molar-refractivity contribution in [2.75, 3.05) is 17.1 Å². The number of nitrogens with one attached hydrogen (secondary N) is 1. The molecule has 0 bridgehead atoms. The van der Waals surface area contributed by atoms with Gasteiger partial charge in [-0.2, -0.15) is 0 Å². The lowest BCUT2D eigenvalue weighted by atomic mass is 10.1. The first kappa shape index (κ1) is 27.9. The molecule has 0 saturated heterocycles. The summed E-state index contributed by atoms with van der Waals surface area (Å²) in [5, 5.41) is 2.96. The van der Waals surface area contributed by atoms with Crippen LogP contribution in [0.4, 0.5) is 10.1 Å². The minimum absolute atomic E-state index is 0.0185. The standard InChI is InChI=1S/C23H28Cl2FN3O4S/c1-5-15(2)27-23(31)16(3)28(13-17-8-6-7-9-19(17)24)22(30)14-29(34(4,32)33)18-10-11-21(26)20(25)12-18/h6-12,15-16H,5,13-14H2,1-4H3,(H,27,31)/t15-,16-/m0/s1. The molecule has 2 aromatic carbocycles. The van der Waals surface area contributed by atoms with E-state index < -0.39 is 34.3 Å². The number of rotatable bonds is 10. The monoisotopic (exact) mass is 531 g/mol. The van der Waals surface area contributed by atoms with Crippen molar-refractivity contribution >= 4 is 50.7 Å². The molecule has 34 heavy (non-hydrogen) atoms. The van der Waals surface area contributed by atoms with E-state index in [1.807, 2.05) is 13.8 Å². The van der Waals surface area contributed by atoms with Gasteiger partial charge in [-0.15, -0.1) is 0 Å². The number of nitrogens with zero attached hydrogens (tertiary/aromatic N) is 2. The average molecular weight is 532 g/mol. The lowest BCUT2D eigenvalue weighted by Gasteiger charge is -2.32. The van der Waals surface area contributed by atoms with Gasteiger partial charge in [0.25, 0.3) is 0 Å². The summed E-state index contributed by atoms with van der Waals surface area (Å²) in [6.45, 7) is 4.68. The summed E-state index contributed by atoms with van der Waals surface area (Å²) in [6.07, 6.45) is 1.62. The van der Waals surface area contributed by atoms with Crippen LogP contribution in [0.2, 0.25) is 10.0 Å². The number of anilines is 1. The molecule has 1 N–H and O–H groups in total. The molecule has 0 aliphatic heterocycles. The molecule has 2 amide bonds. The maximum Gasteiger partial charge on any atom is 0.244 e. The summed E-state index contributed by atoms with van der Waals surface area (Å²) >= 11 is 12.1. The van der Waals surface area contributed by atoms with E-state index in [0.717, 1.165) is 22.7 Å². The minimum atomic E-state index is -3.95. The van der Waals surface area contributed by atoms with Gasteiger partial charge in [-0.05, 0) is 50.1 Å². The number of carbonyl (C=O) groups excluding carboxylic acids is 2. The van der Waals surface area contributed by atoms with E-state index in [2.05, 4.69) is 5.32 Å². The molecule has 2 atom stereocenters. The smallest absolute Gasteiger partial charge is 0.244 e. The number of hydrogen-bond acceptors (Lipinski definition) is 4. The van der Waals surface area contributed by atoms with Gasteiger partial charge in [0, 0.05) is 17.6 Å². The zero-order valence-electron chi connectivity index (χ0n) is 19.4. The first-order valence-corrected chi connectivity index (χ1v) is 13.2. The van der Waals surface area contributed by atoms with Crippen LogP contribution in [0.25, 0.3) is 0 Å². The Labute approximate surface area is 209 Å². The largest absolute Gasteiger partial charge is 0.352 e. The Morgan fingerprint density at radius 2 is 1.74 bits per heavy atom. The van der Waals surface area contributed by atoms with Crippen molar-refractivity contribution in [3.05, 3.63) is 63.9 Å². The zero-order valence-corrected chi connectivity index (χ0v) is 21.7. The third-order valence-corrected chi connectivity index (χ3v) is 7.14. The first-order chi connectivity index (χ1) is 15.8. The highest BCUT2D eigenvalue weighted by atomic mass is 35.5. The summed E-state index contributed by atoms with van der Waals surface area (Å²) in [5.74, 6) is -1.75. The van der Waals surface area contributed by atoms with Gasteiger partial charge < -0.3 is 10.2 Å². The molecule has 0 aliphatic rings. The molecule has 0 spiro atoms. The van der Waals surface area contributed by atoms with E-state index in [-0.39, 0.29) is 29.2 Å². The van der Waals surface area contributed by atoms with Crippen molar-refractivity contribution in [1.29, 1.82) is 0 Å². The number of carbonyl (C=O) groups is 2. The Bertz CT molecular complexity index is 1150. The Hall–Kier alpha value is -2.36. The quantitative estimate of drug-likeness (QED) is 0.496. The van der Waals surface area contributed by atoms with Gasteiger partial charge in [-0.1, -0.05) is 48.3 Å². The third kappa shape index (κ3) is 7.32. The predicted octanol–water partition coefficient (Wildman–Crippen LogP) is 4.23. The van der Waals surface area contributed by atoms with Crippen LogP contribution in [-0.4, -0.2) is 50.0 Å². The van der Waals surface area contributed by atoms with Crippen molar-refractivity contribution in [2.24, 2.45) is 0 Å². The second kappa shape index (κ2) is 11.9. The van der Waals surface area contributed by atoms with Gasteiger partial charge in [0.15, 0.2) is 0 Å². The molecule has 0 radical (unpaired) electrons. The Balaban J connectivity index is 2.42. The van der Waals surface area contributed by atoms with Crippen LogP contribution < -0.4 is 9.62 Å². The van der Waals surface area contributed by atoms with Gasteiger partial charge in [-0.3, -0.25) is 13.9 Å². The van der Waals surface area contributed by atoms with E-state index >= 15 is 0 Å². The van der Waals surface area contributed by atoms with Crippen LogP contribution in [-0.2, 0) is 26.2 Å². The van der Waals surface area contributed by atoms with Crippen LogP contribution >= 0.6 is 23.2 Å².